The van der Waals surface area contributed by atoms with E-state index in [0.29, 0.717) is 0 Å². The first kappa shape index (κ1) is 9.99. The van der Waals surface area contributed by atoms with Crippen LogP contribution in [-0.4, -0.2) is 25.7 Å². The lowest BCUT2D eigenvalue weighted by molar-refractivity contribution is 0.906. The zero-order valence-electron chi connectivity index (χ0n) is 8.67. The van der Waals surface area contributed by atoms with E-state index in [4.69, 9.17) is 0 Å². The van der Waals surface area contributed by atoms with Gasteiger partial charge in [0, 0.05) is 26.5 Å². The van der Waals surface area contributed by atoms with Gasteiger partial charge in [0.25, 0.3) is 0 Å². The van der Waals surface area contributed by atoms with E-state index in [-0.39, 0.29) is 0 Å². The molecule has 0 amide bonds. The summed E-state index contributed by atoms with van der Waals surface area (Å²) in [6.07, 6.45) is 9.74. The topological polar surface area (TPSA) is 0 Å². The molecule has 0 bridgehead atoms. The molecule has 1 heterocycles. The molecule has 0 radical (unpaired) electrons. The van der Waals surface area contributed by atoms with Crippen molar-refractivity contribution in [3.8, 4) is 0 Å². The van der Waals surface area contributed by atoms with Gasteiger partial charge in [-0.1, -0.05) is 18.2 Å². The van der Waals surface area contributed by atoms with Crippen molar-refractivity contribution in [1.29, 1.82) is 0 Å². The summed E-state index contributed by atoms with van der Waals surface area (Å²) in [4.78, 5) is 0. The van der Waals surface area contributed by atoms with Gasteiger partial charge in [0.15, 0.2) is 0 Å². The Hall–Kier alpha value is -0.0900. The molecule has 0 aromatic rings. The molecule has 0 fully saturated rings. The molecule has 0 saturated carbocycles. The molecule has 0 spiro atoms. The first-order valence-electron chi connectivity index (χ1n) is 4.65. The summed E-state index contributed by atoms with van der Waals surface area (Å²) in [5.74, 6) is 0.729. The van der Waals surface area contributed by atoms with E-state index in [2.05, 4.69) is 45.4 Å². The standard InChI is InChI=1S/C11H20P/c1-5-6-11-7-10(2)8-12(3,4)9-11/h5-7,11H,8-9H2,1-4H3/q+1. The summed E-state index contributed by atoms with van der Waals surface area (Å²) in [6.45, 7) is 9.33. The lowest BCUT2D eigenvalue weighted by Crippen LogP contribution is -2.14. The van der Waals surface area contributed by atoms with Gasteiger partial charge >= 0.3 is 0 Å². The summed E-state index contributed by atoms with van der Waals surface area (Å²) in [5.41, 5.74) is 1.60. The maximum Gasteiger partial charge on any atom is 0.0795 e. The second-order valence-corrected chi connectivity index (χ2v) is 9.03. The Labute approximate surface area is 77.1 Å². The molecule has 12 heavy (non-hydrogen) atoms. The van der Waals surface area contributed by atoms with Crippen LogP contribution in [0.15, 0.2) is 23.8 Å². The van der Waals surface area contributed by atoms with E-state index < -0.39 is 7.26 Å². The first-order chi connectivity index (χ1) is 5.53. The molecule has 0 aromatic carbocycles. The minimum absolute atomic E-state index is 0.598. The maximum atomic E-state index is 2.47. The minimum Gasteiger partial charge on any atom is -0.0909 e. The zero-order valence-corrected chi connectivity index (χ0v) is 9.57. The average Bonchev–Trinajstić information content (AvgIpc) is 1.82. The number of rotatable bonds is 1. The first-order valence-corrected chi connectivity index (χ1v) is 7.71. The van der Waals surface area contributed by atoms with Crippen molar-refractivity contribution in [3.63, 3.8) is 0 Å². The molecule has 1 aliphatic rings. The highest BCUT2D eigenvalue weighted by atomic mass is 31.2. The Bertz CT molecular complexity index is 211. The van der Waals surface area contributed by atoms with Crippen LogP contribution in [0.3, 0.4) is 0 Å². The van der Waals surface area contributed by atoms with Crippen LogP contribution < -0.4 is 0 Å². The highest BCUT2D eigenvalue weighted by Crippen LogP contribution is 2.56. The fourth-order valence-corrected chi connectivity index (χ4v) is 5.10. The Balaban J connectivity index is 2.74. The molecule has 1 aliphatic heterocycles. The molecule has 0 aliphatic carbocycles. The monoisotopic (exact) mass is 183 g/mol. The van der Waals surface area contributed by atoms with Crippen LogP contribution in [0.1, 0.15) is 13.8 Å². The van der Waals surface area contributed by atoms with Gasteiger partial charge in [-0.15, -0.1) is 0 Å². The number of hydrogen-bond donors (Lipinski definition) is 0. The van der Waals surface area contributed by atoms with E-state index >= 15 is 0 Å². The van der Waals surface area contributed by atoms with Gasteiger partial charge in [-0.2, -0.15) is 0 Å². The van der Waals surface area contributed by atoms with E-state index in [0.717, 1.165) is 5.92 Å². The molecule has 0 saturated heterocycles. The molecule has 1 atom stereocenters. The van der Waals surface area contributed by atoms with Crippen LogP contribution in [-0.2, 0) is 0 Å². The third kappa shape index (κ3) is 2.75. The minimum atomic E-state index is -0.598. The highest BCUT2D eigenvalue weighted by molar-refractivity contribution is 7.74. The number of hydrogen-bond acceptors (Lipinski definition) is 0. The van der Waals surface area contributed by atoms with E-state index in [1.807, 2.05) is 0 Å². The summed E-state index contributed by atoms with van der Waals surface area (Å²) in [6, 6.07) is 0. The zero-order chi connectivity index (χ0) is 9.19. The van der Waals surface area contributed by atoms with Crippen molar-refractivity contribution in [2.24, 2.45) is 5.92 Å². The van der Waals surface area contributed by atoms with Gasteiger partial charge in [-0.3, -0.25) is 0 Å². The quantitative estimate of drug-likeness (QED) is 0.431. The summed E-state index contributed by atoms with van der Waals surface area (Å²) >= 11 is 0. The van der Waals surface area contributed by atoms with Crippen molar-refractivity contribution in [2.45, 2.75) is 13.8 Å². The predicted molar refractivity (Wildman–Crippen MR) is 60.6 cm³/mol. The average molecular weight is 183 g/mol. The molecule has 0 N–H and O–H groups in total. The van der Waals surface area contributed by atoms with Gasteiger partial charge in [0.2, 0.25) is 0 Å². The van der Waals surface area contributed by atoms with Gasteiger partial charge in [0.1, 0.15) is 0 Å². The largest absolute Gasteiger partial charge is 0.0909 e. The second-order valence-electron chi connectivity index (χ2n) is 4.48. The Morgan fingerprint density at radius 1 is 1.50 bits per heavy atom. The van der Waals surface area contributed by atoms with Crippen LogP contribution in [0.25, 0.3) is 0 Å². The molecule has 68 valence electrons. The van der Waals surface area contributed by atoms with Crippen LogP contribution >= 0.6 is 7.26 Å². The van der Waals surface area contributed by atoms with Crippen molar-refractivity contribution < 1.29 is 0 Å². The highest BCUT2D eigenvalue weighted by Gasteiger charge is 2.31. The second kappa shape index (κ2) is 3.75. The van der Waals surface area contributed by atoms with Crippen LogP contribution in [0.5, 0.6) is 0 Å². The SMILES string of the molecule is CC=CC1C=C(C)C[P+](C)(C)C1. The molecule has 0 nitrogen and oxygen atoms in total. The molecule has 0 aromatic heterocycles. The maximum absolute atomic E-state index is 2.47. The van der Waals surface area contributed by atoms with Crippen molar-refractivity contribution >= 4 is 7.26 Å². The molecule has 1 heteroatoms. The van der Waals surface area contributed by atoms with Crippen LogP contribution in [0.4, 0.5) is 0 Å². The van der Waals surface area contributed by atoms with E-state index in [9.17, 15) is 0 Å². The van der Waals surface area contributed by atoms with Crippen molar-refractivity contribution in [1.82, 2.24) is 0 Å². The van der Waals surface area contributed by atoms with Gasteiger partial charge in [-0.25, -0.2) is 0 Å². The normalized spacial score (nSPS) is 29.0. The smallest absolute Gasteiger partial charge is 0.0795 e. The van der Waals surface area contributed by atoms with Gasteiger partial charge in [0.05, 0.1) is 12.3 Å². The predicted octanol–water partition coefficient (Wildman–Crippen LogP) is 3.42. The summed E-state index contributed by atoms with van der Waals surface area (Å²) in [7, 11) is -0.598. The van der Waals surface area contributed by atoms with Gasteiger partial charge < -0.3 is 0 Å². The third-order valence-electron chi connectivity index (χ3n) is 2.32. The van der Waals surface area contributed by atoms with Crippen molar-refractivity contribution in [3.05, 3.63) is 23.8 Å². The number of allylic oxidation sites excluding steroid dienone is 4. The fraction of sp³-hybridized carbons (Fsp3) is 0.636. The Morgan fingerprint density at radius 3 is 2.67 bits per heavy atom. The Morgan fingerprint density at radius 2 is 2.17 bits per heavy atom. The molecule has 1 rings (SSSR count). The molecule has 1 unspecified atom stereocenters. The lowest BCUT2D eigenvalue weighted by atomic mass is 10.1. The summed E-state index contributed by atoms with van der Waals surface area (Å²) in [5, 5.41) is 0. The lowest BCUT2D eigenvalue weighted by Gasteiger charge is -2.26. The summed E-state index contributed by atoms with van der Waals surface area (Å²) < 4.78 is 0. The van der Waals surface area contributed by atoms with Crippen molar-refractivity contribution in [2.75, 3.05) is 25.7 Å². The van der Waals surface area contributed by atoms with Crippen LogP contribution in [0.2, 0.25) is 0 Å². The van der Waals surface area contributed by atoms with Gasteiger partial charge in [-0.05, 0) is 19.4 Å². The molecular weight excluding hydrogens is 163 g/mol. The van der Waals surface area contributed by atoms with Crippen LogP contribution in [0, 0.1) is 5.92 Å². The fourth-order valence-electron chi connectivity index (χ4n) is 2.14. The van der Waals surface area contributed by atoms with E-state index in [1.165, 1.54) is 12.3 Å². The third-order valence-corrected chi connectivity index (χ3v) is 5.09. The molecular formula is C11H20P+. The van der Waals surface area contributed by atoms with E-state index in [1.54, 1.807) is 5.57 Å². The Kier molecular flexibility index (Phi) is 3.12.